The molecule has 2 nitrogen and oxygen atoms in total. The molecular weight excluding hydrogens is 162 g/mol. The van der Waals surface area contributed by atoms with Gasteiger partial charge in [-0.15, -0.1) is 0 Å². The van der Waals surface area contributed by atoms with Crippen LogP contribution in [0.4, 0.5) is 0 Å². The predicted molar refractivity (Wildman–Crippen MR) is 48.9 cm³/mol. The molecule has 3 heteroatoms. The van der Waals surface area contributed by atoms with E-state index in [4.69, 9.17) is 16.7 Å². The largest absolute Gasteiger partial charge is 0.392 e. The van der Waals surface area contributed by atoms with Gasteiger partial charge in [0.15, 0.2) is 0 Å². The monoisotopic (exact) mass is 171 g/mol. The molecule has 0 bridgehead atoms. The highest BCUT2D eigenvalue weighted by Crippen LogP contribution is 1.94. The molecule has 0 fully saturated rings. The third kappa shape index (κ3) is 5.58. The Balaban J connectivity index is 4.11. The predicted octanol–water partition coefficient (Wildman–Crippen LogP) is 1.87. The normalized spacial score (nSPS) is 13.1. The number of hydrogen-bond donors (Lipinski definition) is 1. The van der Waals surface area contributed by atoms with Gasteiger partial charge in [-0.2, -0.15) is 0 Å². The van der Waals surface area contributed by atoms with Crippen molar-refractivity contribution in [2.75, 3.05) is 6.61 Å². The summed E-state index contributed by atoms with van der Waals surface area (Å²) in [6.07, 6.45) is 6.20. The standard InChI is InChI=1S/C8H10ClNO/c1-2-10-6-4-8(7-11)3-5-9/h2-6,11H,1,7H2/b5-3+,8-4+,10-6+. The van der Waals surface area contributed by atoms with Crippen molar-refractivity contribution in [3.05, 3.63) is 36.0 Å². The first-order valence-electron chi connectivity index (χ1n) is 3.06. The van der Waals surface area contributed by atoms with Gasteiger partial charge in [0.1, 0.15) is 0 Å². The molecule has 0 atom stereocenters. The van der Waals surface area contributed by atoms with Gasteiger partial charge in [0, 0.05) is 17.9 Å². The first-order chi connectivity index (χ1) is 5.35. The third-order valence-corrected chi connectivity index (χ3v) is 1.07. The lowest BCUT2D eigenvalue weighted by Crippen LogP contribution is -1.85. The van der Waals surface area contributed by atoms with E-state index in [1.54, 1.807) is 12.2 Å². The summed E-state index contributed by atoms with van der Waals surface area (Å²) in [6, 6.07) is 0. The first-order valence-corrected chi connectivity index (χ1v) is 3.49. The van der Waals surface area contributed by atoms with Gasteiger partial charge >= 0.3 is 0 Å². The molecule has 0 saturated heterocycles. The van der Waals surface area contributed by atoms with Crippen LogP contribution in [0.2, 0.25) is 0 Å². The molecule has 0 heterocycles. The molecule has 0 aliphatic carbocycles. The minimum absolute atomic E-state index is 0.0492. The number of halogens is 1. The van der Waals surface area contributed by atoms with Gasteiger partial charge < -0.3 is 5.11 Å². The van der Waals surface area contributed by atoms with E-state index in [1.807, 2.05) is 0 Å². The van der Waals surface area contributed by atoms with Gasteiger partial charge in [0.2, 0.25) is 0 Å². The van der Waals surface area contributed by atoms with Crippen LogP contribution in [-0.4, -0.2) is 17.9 Å². The second-order valence-electron chi connectivity index (χ2n) is 1.67. The quantitative estimate of drug-likeness (QED) is 0.509. The van der Waals surface area contributed by atoms with Gasteiger partial charge in [-0.3, -0.25) is 4.99 Å². The molecule has 0 spiro atoms. The van der Waals surface area contributed by atoms with Gasteiger partial charge in [-0.1, -0.05) is 18.2 Å². The van der Waals surface area contributed by atoms with Gasteiger partial charge in [-0.25, -0.2) is 0 Å². The molecular formula is C8H10ClNO. The summed E-state index contributed by atoms with van der Waals surface area (Å²) < 4.78 is 0. The van der Waals surface area contributed by atoms with Crippen LogP contribution < -0.4 is 0 Å². The summed E-state index contributed by atoms with van der Waals surface area (Å²) in [4.78, 5) is 3.72. The average Bonchev–Trinajstić information content (AvgIpc) is 2.03. The summed E-state index contributed by atoms with van der Waals surface area (Å²) >= 11 is 5.29. The van der Waals surface area contributed by atoms with E-state index in [2.05, 4.69) is 11.6 Å². The zero-order valence-corrected chi connectivity index (χ0v) is 6.83. The van der Waals surface area contributed by atoms with Gasteiger partial charge in [-0.05, 0) is 17.7 Å². The van der Waals surface area contributed by atoms with E-state index in [1.165, 1.54) is 17.9 Å². The van der Waals surface area contributed by atoms with Crippen molar-refractivity contribution in [1.82, 2.24) is 0 Å². The lowest BCUT2D eigenvalue weighted by molar-refractivity contribution is 0.335. The van der Waals surface area contributed by atoms with Crippen LogP contribution in [0, 0.1) is 0 Å². The highest BCUT2D eigenvalue weighted by Gasteiger charge is 1.84. The molecule has 11 heavy (non-hydrogen) atoms. The van der Waals surface area contributed by atoms with Gasteiger partial charge in [0.25, 0.3) is 0 Å². The van der Waals surface area contributed by atoms with E-state index >= 15 is 0 Å². The summed E-state index contributed by atoms with van der Waals surface area (Å²) in [6.45, 7) is 3.35. The van der Waals surface area contributed by atoms with Crippen LogP contribution >= 0.6 is 11.6 Å². The van der Waals surface area contributed by atoms with Crippen LogP contribution in [0.3, 0.4) is 0 Å². The summed E-state index contributed by atoms with van der Waals surface area (Å²) in [5.41, 5.74) is 2.04. The summed E-state index contributed by atoms with van der Waals surface area (Å²) in [7, 11) is 0. The van der Waals surface area contributed by atoms with Crippen LogP contribution in [0.5, 0.6) is 0 Å². The Morgan fingerprint density at radius 3 is 2.82 bits per heavy atom. The minimum Gasteiger partial charge on any atom is -0.392 e. The Morgan fingerprint density at radius 2 is 2.36 bits per heavy atom. The van der Waals surface area contributed by atoms with Crippen molar-refractivity contribution in [1.29, 1.82) is 0 Å². The lowest BCUT2D eigenvalue weighted by atomic mass is 10.3. The Morgan fingerprint density at radius 1 is 1.64 bits per heavy atom. The summed E-state index contributed by atoms with van der Waals surface area (Å²) in [5.74, 6) is 0. The first kappa shape index (κ1) is 10.1. The van der Waals surface area contributed by atoms with Crippen molar-refractivity contribution in [3.8, 4) is 0 Å². The number of aliphatic hydroxyl groups excluding tert-OH is 1. The molecule has 0 aromatic carbocycles. The molecule has 0 rings (SSSR count). The Labute approximate surface area is 71.2 Å². The van der Waals surface area contributed by atoms with Gasteiger partial charge in [0.05, 0.1) is 6.61 Å². The molecule has 0 radical (unpaired) electrons. The number of nitrogens with zero attached hydrogens (tertiary/aromatic N) is 1. The number of aliphatic imine (C=N–C) groups is 1. The molecule has 0 aliphatic rings. The summed E-state index contributed by atoms with van der Waals surface area (Å²) in [5, 5.41) is 8.69. The topological polar surface area (TPSA) is 32.6 Å². The molecule has 0 amide bonds. The fraction of sp³-hybridized carbons (Fsp3) is 0.125. The van der Waals surface area contributed by atoms with Crippen LogP contribution in [0.1, 0.15) is 0 Å². The molecule has 0 saturated carbocycles. The average molecular weight is 172 g/mol. The SMILES string of the molecule is C=C/N=C/C=C(\C=C\Cl)CO. The zero-order chi connectivity index (χ0) is 8.53. The molecule has 1 N–H and O–H groups in total. The van der Waals surface area contributed by atoms with E-state index in [0.717, 1.165) is 0 Å². The lowest BCUT2D eigenvalue weighted by Gasteiger charge is -1.90. The molecule has 0 aromatic rings. The third-order valence-electron chi connectivity index (χ3n) is 0.940. The number of aliphatic hydroxyl groups is 1. The molecule has 60 valence electrons. The smallest absolute Gasteiger partial charge is 0.0682 e. The van der Waals surface area contributed by atoms with Crippen molar-refractivity contribution in [2.24, 2.45) is 4.99 Å². The van der Waals surface area contributed by atoms with E-state index in [0.29, 0.717) is 5.57 Å². The highest BCUT2D eigenvalue weighted by atomic mass is 35.5. The van der Waals surface area contributed by atoms with Crippen molar-refractivity contribution in [2.45, 2.75) is 0 Å². The van der Waals surface area contributed by atoms with Crippen molar-refractivity contribution >= 4 is 17.8 Å². The Kier molecular flexibility index (Phi) is 6.68. The maximum Gasteiger partial charge on any atom is 0.0682 e. The maximum absolute atomic E-state index is 8.69. The highest BCUT2D eigenvalue weighted by molar-refractivity contribution is 6.25. The van der Waals surface area contributed by atoms with Crippen molar-refractivity contribution < 1.29 is 5.11 Å². The fourth-order valence-corrected chi connectivity index (χ4v) is 0.603. The minimum atomic E-state index is -0.0492. The van der Waals surface area contributed by atoms with E-state index < -0.39 is 0 Å². The second kappa shape index (κ2) is 7.25. The van der Waals surface area contributed by atoms with E-state index in [9.17, 15) is 0 Å². The Hall–Kier alpha value is -0.860. The molecule has 0 unspecified atom stereocenters. The van der Waals surface area contributed by atoms with E-state index in [-0.39, 0.29) is 6.61 Å². The number of allylic oxidation sites excluding steroid dienone is 1. The van der Waals surface area contributed by atoms with Crippen LogP contribution in [-0.2, 0) is 0 Å². The van der Waals surface area contributed by atoms with Crippen LogP contribution in [0.25, 0.3) is 0 Å². The molecule has 0 aromatic heterocycles. The number of rotatable bonds is 4. The fourth-order valence-electron chi connectivity index (χ4n) is 0.442. The Bertz CT molecular complexity index is 194. The van der Waals surface area contributed by atoms with Crippen LogP contribution in [0.15, 0.2) is 41.0 Å². The second-order valence-corrected chi connectivity index (χ2v) is 1.93. The number of hydrogen-bond acceptors (Lipinski definition) is 2. The zero-order valence-electron chi connectivity index (χ0n) is 6.07. The maximum atomic E-state index is 8.69. The van der Waals surface area contributed by atoms with Crippen molar-refractivity contribution in [3.63, 3.8) is 0 Å². The molecule has 0 aliphatic heterocycles.